The third-order valence-corrected chi connectivity index (χ3v) is 13.7. The van der Waals surface area contributed by atoms with Crippen molar-refractivity contribution < 1.29 is 9.13 Å². The van der Waals surface area contributed by atoms with Crippen LogP contribution in [0.3, 0.4) is 0 Å². The van der Waals surface area contributed by atoms with Crippen molar-refractivity contribution in [1.29, 1.82) is 0 Å². The average molecular weight is 406 g/mol. The molecule has 0 bridgehead atoms. The van der Waals surface area contributed by atoms with Gasteiger partial charge in [0.2, 0.25) is 0 Å². The zero-order chi connectivity index (χ0) is 19.8. The maximum absolute atomic E-state index is 14.9. The molecule has 0 saturated heterocycles. The van der Waals surface area contributed by atoms with Gasteiger partial charge in [-0.25, -0.2) is 0 Å². The Morgan fingerprint density at radius 1 is 0.786 bits per heavy atom. The largest absolute Gasteiger partial charge is 0.313 e. The smallest absolute Gasteiger partial charge is 0.174 e. The number of hydrogen-bond donors (Lipinski definition) is 0. The first-order chi connectivity index (χ1) is 13.5. The van der Waals surface area contributed by atoms with Gasteiger partial charge in [-0.05, 0) is 12.8 Å². The van der Waals surface area contributed by atoms with Crippen LogP contribution in [0.5, 0.6) is 0 Å². The molecule has 2 atom stereocenters. The Labute approximate surface area is 167 Å². The van der Waals surface area contributed by atoms with Crippen LogP contribution in [-0.2, 0) is 9.13 Å². The predicted octanol–water partition coefficient (Wildman–Crippen LogP) is 5.57. The summed E-state index contributed by atoms with van der Waals surface area (Å²) in [5, 5.41) is 2.98. The molecule has 0 spiro atoms. The fourth-order valence-electron chi connectivity index (χ4n) is 4.16. The highest BCUT2D eigenvalue weighted by molar-refractivity contribution is 7.97. The van der Waals surface area contributed by atoms with Gasteiger partial charge in [0.15, 0.2) is 7.14 Å². The summed E-state index contributed by atoms with van der Waals surface area (Å²) in [6.45, 7) is 4.11. The van der Waals surface area contributed by atoms with E-state index in [9.17, 15) is 9.13 Å². The highest BCUT2D eigenvalue weighted by Gasteiger charge is 2.49. The Morgan fingerprint density at radius 2 is 1.21 bits per heavy atom. The molecule has 1 aliphatic rings. The van der Waals surface area contributed by atoms with E-state index in [1.165, 1.54) is 0 Å². The molecule has 0 radical (unpaired) electrons. The second-order valence-electron chi connectivity index (χ2n) is 7.45. The second-order valence-corrected chi connectivity index (χ2v) is 13.3. The monoisotopic (exact) mass is 406 g/mol. The van der Waals surface area contributed by atoms with Crippen molar-refractivity contribution in [2.24, 2.45) is 5.92 Å². The molecule has 0 fully saturated rings. The fourth-order valence-corrected chi connectivity index (χ4v) is 13.1. The zero-order valence-corrected chi connectivity index (χ0v) is 17.9. The Balaban J connectivity index is 2.06. The van der Waals surface area contributed by atoms with E-state index in [4.69, 9.17) is 0 Å². The second kappa shape index (κ2) is 7.36. The summed E-state index contributed by atoms with van der Waals surface area (Å²) in [5.41, 5.74) is 1.02. The SMILES string of the molecule is CC1=C(P(=O)(c2ccccc2)c2ccccc2)P(=O)(c2ccccc2)CC1C. The molecule has 3 aromatic carbocycles. The molecule has 0 amide bonds. The van der Waals surface area contributed by atoms with Crippen LogP contribution in [0, 0.1) is 5.92 Å². The van der Waals surface area contributed by atoms with Crippen molar-refractivity contribution in [3.05, 3.63) is 102 Å². The summed E-state index contributed by atoms with van der Waals surface area (Å²) >= 11 is 0. The van der Waals surface area contributed by atoms with Crippen LogP contribution in [0.2, 0.25) is 0 Å². The van der Waals surface area contributed by atoms with Crippen LogP contribution in [0.4, 0.5) is 0 Å². The Kier molecular flexibility index (Phi) is 5.04. The molecule has 0 saturated carbocycles. The van der Waals surface area contributed by atoms with E-state index in [1.807, 2.05) is 97.9 Å². The van der Waals surface area contributed by atoms with Crippen molar-refractivity contribution >= 4 is 30.2 Å². The average Bonchev–Trinajstić information content (AvgIpc) is 2.99. The van der Waals surface area contributed by atoms with Crippen LogP contribution in [-0.4, -0.2) is 6.16 Å². The Hall–Kier alpha value is -2.14. The van der Waals surface area contributed by atoms with Gasteiger partial charge in [0.1, 0.15) is 7.14 Å². The summed E-state index contributed by atoms with van der Waals surface area (Å²) in [4.78, 5) is 0. The van der Waals surface area contributed by atoms with Crippen LogP contribution in [0.15, 0.2) is 102 Å². The van der Waals surface area contributed by atoms with E-state index in [-0.39, 0.29) is 5.92 Å². The number of allylic oxidation sites excluding steroid dienone is 1. The third-order valence-electron chi connectivity index (χ3n) is 5.68. The lowest BCUT2D eigenvalue weighted by Crippen LogP contribution is -2.19. The van der Waals surface area contributed by atoms with E-state index in [0.717, 1.165) is 21.5 Å². The Morgan fingerprint density at radius 3 is 1.68 bits per heavy atom. The van der Waals surface area contributed by atoms with Gasteiger partial charge in [0.05, 0.1) is 5.06 Å². The van der Waals surface area contributed by atoms with Crippen molar-refractivity contribution in [2.45, 2.75) is 13.8 Å². The molecule has 1 aliphatic heterocycles. The number of rotatable bonds is 4. The summed E-state index contributed by atoms with van der Waals surface area (Å²) in [5.74, 6) is 0.141. The normalized spacial score (nSPS) is 22.4. The fraction of sp³-hybridized carbons (Fsp3) is 0.167. The van der Waals surface area contributed by atoms with Gasteiger partial charge in [-0.3, -0.25) is 0 Å². The Bertz CT molecular complexity index is 1060. The quantitative estimate of drug-likeness (QED) is 0.531. The third kappa shape index (κ3) is 2.96. The van der Waals surface area contributed by atoms with Crippen LogP contribution < -0.4 is 15.9 Å². The van der Waals surface area contributed by atoms with Crippen molar-refractivity contribution in [2.75, 3.05) is 6.16 Å². The lowest BCUT2D eigenvalue weighted by molar-refractivity contribution is 0.582. The molecule has 4 rings (SSSR count). The lowest BCUT2D eigenvalue weighted by atomic mass is 10.1. The van der Waals surface area contributed by atoms with E-state index in [2.05, 4.69) is 6.92 Å². The summed E-state index contributed by atoms with van der Waals surface area (Å²) in [7, 11) is -6.22. The molecule has 3 aromatic rings. The van der Waals surface area contributed by atoms with E-state index < -0.39 is 14.3 Å². The number of benzene rings is 3. The summed E-state index contributed by atoms with van der Waals surface area (Å²) in [6.07, 6.45) is 0.543. The minimum absolute atomic E-state index is 0.141. The van der Waals surface area contributed by atoms with E-state index in [1.54, 1.807) is 0 Å². The topological polar surface area (TPSA) is 34.1 Å². The first-order valence-electron chi connectivity index (χ1n) is 9.56. The molecule has 0 N–H and O–H groups in total. The van der Waals surface area contributed by atoms with Crippen LogP contribution in [0.25, 0.3) is 0 Å². The molecule has 28 heavy (non-hydrogen) atoms. The molecule has 2 nitrogen and oxygen atoms in total. The van der Waals surface area contributed by atoms with Gasteiger partial charge in [0, 0.05) is 22.1 Å². The molecule has 0 aliphatic carbocycles. The molecule has 2 unspecified atom stereocenters. The lowest BCUT2D eigenvalue weighted by Gasteiger charge is -2.27. The molecule has 142 valence electrons. The van der Waals surface area contributed by atoms with Crippen LogP contribution >= 0.6 is 14.3 Å². The minimum atomic E-state index is -3.24. The predicted molar refractivity (Wildman–Crippen MR) is 120 cm³/mol. The van der Waals surface area contributed by atoms with Gasteiger partial charge < -0.3 is 9.13 Å². The van der Waals surface area contributed by atoms with Crippen molar-refractivity contribution in [3.8, 4) is 0 Å². The first kappa shape index (κ1) is 19.2. The van der Waals surface area contributed by atoms with Gasteiger partial charge in [-0.1, -0.05) is 103 Å². The highest BCUT2D eigenvalue weighted by Crippen LogP contribution is 2.75. The summed E-state index contributed by atoms with van der Waals surface area (Å²) in [6, 6.07) is 28.7. The maximum atomic E-state index is 14.9. The van der Waals surface area contributed by atoms with Crippen molar-refractivity contribution in [3.63, 3.8) is 0 Å². The standard InChI is InChI=1S/C24H24O2P2/c1-19-18-27(25,21-12-6-3-7-13-21)24(20(19)2)28(26,22-14-8-4-9-15-22)23-16-10-5-11-17-23/h3-17,19H,18H2,1-2H3. The molecule has 1 heterocycles. The molecule has 0 aromatic heterocycles. The number of hydrogen-bond acceptors (Lipinski definition) is 2. The maximum Gasteiger partial charge on any atom is 0.174 e. The first-order valence-corrected chi connectivity index (χ1v) is 13.2. The van der Waals surface area contributed by atoms with Gasteiger partial charge in [0.25, 0.3) is 0 Å². The summed E-state index contributed by atoms with van der Waals surface area (Å²) < 4.78 is 29.5. The van der Waals surface area contributed by atoms with Crippen molar-refractivity contribution in [1.82, 2.24) is 0 Å². The molecule has 4 heteroatoms. The van der Waals surface area contributed by atoms with Crippen LogP contribution in [0.1, 0.15) is 13.8 Å². The minimum Gasteiger partial charge on any atom is -0.313 e. The zero-order valence-electron chi connectivity index (χ0n) is 16.2. The highest BCUT2D eigenvalue weighted by atomic mass is 31.2. The molecular weight excluding hydrogens is 382 g/mol. The van der Waals surface area contributed by atoms with Gasteiger partial charge in [-0.15, -0.1) is 0 Å². The van der Waals surface area contributed by atoms with E-state index in [0.29, 0.717) is 11.2 Å². The van der Waals surface area contributed by atoms with Gasteiger partial charge in [-0.2, -0.15) is 0 Å². The molecular formula is C24H24O2P2. The van der Waals surface area contributed by atoms with E-state index >= 15 is 0 Å². The van der Waals surface area contributed by atoms with Gasteiger partial charge >= 0.3 is 0 Å².